The van der Waals surface area contributed by atoms with E-state index in [-0.39, 0.29) is 0 Å². The van der Waals surface area contributed by atoms with Crippen molar-refractivity contribution < 1.29 is 0 Å². The van der Waals surface area contributed by atoms with Crippen LogP contribution in [0.15, 0.2) is 103 Å². The van der Waals surface area contributed by atoms with E-state index < -0.39 is 5.31 Å². The molecule has 25 heavy (non-hydrogen) atoms. The third-order valence-electron chi connectivity index (χ3n) is 4.93. The maximum atomic E-state index is 4.64. The van der Waals surface area contributed by atoms with Crippen LogP contribution in [0.5, 0.6) is 0 Å². The van der Waals surface area contributed by atoms with Crippen LogP contribution in [0, 0.1) is 5.92 Å². The quantitative estimate of drug-likeness (QED) is 0.452. The van der Waals surface area contributed by atoms with Crippen molar-refractivity contribution in [2.75, 3.05) is 0 Å². The van der Waals surface area contributed by atoms with Crippen LogP contribution in [0.4, 0.5) is 0 Å². The summed E-state index contributed by atoms with van der Waals surface area (Å²) >= 11 is 4.41. The average molecular weight is 411 g/mol. The first-order valence-electron chi connectivity index (χ1n) is 8.59. The second-order valence-corrected chi connectivity index (χ2v) is 15.1. The van der Waals surface area contributed by atoms with Crippen molar-refractivity contribution in [3.63, 3.8) is 0 Å². The Balaban J connectivity index is 2.52. The third kappa shape index (κ3) is 2.71. The first-order valence-corrected chi connectivity index (χ1v) is 12.8. The van der Waals surface area contributed by atoms with E-state index in [1.807, 2.05) is 0 Å². The summed E-state index contributed by atoms with van der Waals surface area (Å²) in [5, 5.41) is 2.15. The Morgan fingerprint density at radius 3 is 1.20 bits per heavy atom. The summed E-state index contributed by atoms with van der Waals surface area (Å²) in [6.45, 7) is 9.11. The molecule has 0 saturated carbocycles. The van der Waals surface area contributed by atoms with E-state index in [0.29, 0.717) is 5.92 Å². The molecule has 0 atom stereocenters. The summed E-state index contributed by atoms with van der Waals surface area (Å²) in [7, 11) is 0. The molecule has 3 aromatic rings. The molecule has 0 amide bonds. The number of allylic oxidation sites excluding steroid dienone is 1. The van der Waals surface area contributed by atoms with Crippen LogP contribution < -0.4 is 15.9 Å². The van der Waals surface area contributed by atoms with Crippen LogP contribution in [0.1, 0.15) is 13.8 Å². The summed E-state index contributed by atoms with van der Waals surface area (Å²) in [4.78, 5) is 0. The van der Waals surface area contributed by atoms with Crippen molar-refractivity contribution in [2.24, 2.45) is 5.92 Å². The van der Waals surface area contributed by atoms with Gasteiger partial charge in [0.25, 0.3) is 0 Å². The predicted octanol–water partition coefficient (Wildman–Crippen LogP) is 6.00. The molecule has 0 radical (unpaired) electrons. The van der Waals surface area contributed by atoms with Gasteiger partial charge in [0, 0.05) is 0 Å². The average Bonchev–Trinajstić information content (AvgIpc) is 2.69. The summed E-state index contributed by atoms with van der Waals surface area (Å²) in [6, 6.07) is 32.4. The molecule has 128 valence electrons. The van der Waals surface area contributed by atoms with Crippen LogP contribution >= 0.6 is 20.8 Å². The summed E-state index contributed by atoms with van der Waals surface area (Å²) in [5.41, 5.74) is 0. The zero-order chi connectivity index (χ0) is 17.9. The van der Waals surface area contributed by atoms with Crippen molar-refractivity contribution in [2.45, 2.75) is 13.8 Å². The fraction of sp³-hybridized carbons (Fsp3) is 0.130. The molecule has 0 aliphatic rings. The minimum absolute atomic E-state index is 0.345. The molecule has 0 unspecified atom stereocenters. The van der Waals surface area contributed by atoms with E-state index in [4.69, 9.17) is 0 Å². The molecule has 0 aliphatic heterocycles. The SMILES string of the molecule is C=C(C(C)C)P(Br)(c1ccccc1)(c1ccccc1)c1ccccc1. The van der Waals surface area contributed by atoms with Gasteiger partial charge in [0.15, 0.2) is 0 Å². The Bertz CT molecular complexity index is 755. The second kappa shape index (κ2) is 6.90. The molecule has 0 fully saturated rings. The van der Waals surface area contributed by atoms with Crippen LogP contribution in [-0.2, 0) is 0 Å². The van der Waals surface area contributed by atoms with Gasteiger partial charge < -0.3 is 0 Å². The molecular formula is C23H24BrP. The monoisotopic (exact) mass is 410 g/mol. The molecular weight excluding hydrogens is 387 g/mol. The zero-order valence-corrected chi connectivity index (χ0v) is 17.3. The van der Waals surface area contributed by atoms with Gasteiger partial charge in [-0.3, -0.25) is 0 Å². The van der Waals surface area contributed by atoms with E-state index in [0.717, 1.165) is 0 Å². The molecule has 0 bridgehead atoms. The summed E-state index contributed by atoms with van der Waals surface area (Å²) < 4.78 is 0. The zero-order valence-electron chi connectivity index (χ0n) is 14.8. The second-order valence-electron chi connectivity index (χ2n) is 6.66. The molecule has 3 aromatic carbocycles. The van der Waals surface area contributed by atoms with Gasteiger partial charge in [-0.05, 0) is 0 Å². The van der Waals surface area contributed by atoms with Crippen molar-refractivity contribution in [3.05, 3.63) is 103 Å². The molecule has 0 N–H and O–H groups in total. The third-order valence-corrected chi connectivity index (χ3v) is 15.4. The Morgan fingerprint density at radius 2 is 0.960 bits per heavy atom. The molecule has 0 saturated heterocycles. The minimum atomic E-state index is -2.99. The van der Waals surface area contributed by atoms with Crippen molar-refractivity contribution in [1.82, 2.24) is 0 Å². The van der Waals surface area contributed by atoms with Gasteiger partial charge in [-0.1, -0.05) is 0 Å². The fourth-order valence-electron chi connectivity index (χ4n) is 3.55. The molecule has 0 aromatic heterocycles. The normalized spacial score (nSPS) is 13.2. The van der Waals surface area contributed by atoms with E-state index in [1.54, 1.807) is 0 Å². The number of halogens is 1. The van der Waals surface area contributed by atoms with Crippen LogP contribution in [0.2, 0.25) is 0 Å². The van der Waals surface area contributed by atoms with E-state index in [2.05, 4.69) is 127 Å². The van der Waals surface area contributed by atoms with E-state index in [9.17, 15) is 0 Å². The molecule has 0 aliphatic carbocycles. The molecule has 0 nitrogen and oxygen atoms in total. The van der Waals surface area contributed by atoms with Gasteiger partial charge in [-0.2, -0.15) is 0 Å². The Morgan fingerprint density at radius 1 is 0.680 bits per heavy atom. The van der Waals surface area contributed by atoms with Crippen molar-refractivity contribution >= 4 is 36.7 Å². The van der Waals surface area contributed by atoms with E-state index in [1.165, 1.54) is 21.2 Å². The molecule has 0 spiro atoms. The first-order chi connectivity index (χ1) is 12.0. The number of rotatable bonds is 5. The standard InChI is InChI=1S/C23H24BrP/c1-19(2)20(3)25(24,21-13-7-4-8-14-21,22-15-9-5-10-16-22)23-17-11-6-12-18-23/h4-19H,3H2,1-2H3. The van der Waals surface area contributed by atoms with Crippen LogP contribution in [0.3, 0.4) is 0 Å². The van der Waals surface area contributed by atoms with Gasteiger partial charge in [0.2, 0.25) is 0 Å². The van der Waals surface area contributed by atoms with Gasteiger partial charge in [-0.15, -0.1) is 0 Å². The van der Waals surface area contributed by atoms with Crippen LogP contribution in [0.25, 0.3) is 0 Å². The maximum absolute atomic E-state index is 4.64. The van der Waals surface area contributed by atoms with Crippen LogP contribution in [-0.4, -0.2) is 0 Å². The number of hydrogen-bond acceptors (Lipinski definition) is 0. The van der Waals surface area contributed by atoms with Gasteiger partial charge >= 0.3 is 159 Å². The Kier molecular flexibility index (Phi) is 5.00. The fourth-order valence-corrected chi connectivity index (χ4v) is 12.0. The van der Waals surface area contributed by atoms with Crippen molar-refractivity contribution in [1.29, 1.82) is 0 Å². The number of benzene rings is 3. The van der Waals surface area contributed by atoms with Gasteiger partial charge in [-0.25, -0.2) is 0 Å². The summed E-state index contributed by atoms with van der Waals surface area (Å²) in [5.74, 6) is 0.345. The predicted molar refractivity (Wildman–Crippen MR) is 118 cm³/mol. The summed E-state index contributed by atoms with van der Waals surface area (Å²) in [6.07, 6.45) is 0. The van der Waals surface area contributed by atoms with Gasteiger partial charge in [0.1, 0.15) is 0 Å². The number of hydrogen-bond donors (Lipinski definition) is 0. The molecule has 3 rings (SSSR count). The van der Waals surface area contributed by atoms with Gasteiger partial charge in [0.05, 0.1) is 0 Å². The Labute approximate surface area is 159 Å². The van der Waals surface area contributed by atoms with Crippen molar-refractivity contribution in [3.8, 4) is 0 Å². The molecule has 2 heteroatoms. The Hall–Kier alpha value is -1.69. The van der Waals surface area contributed by atoms with E-state index >= 15 is 0 Å². The topological polar surface area (TPSA) is 0 Å². The first kappa shape index (κ1) is 18.1. The molecule has 0 heterocycles.